The summed E-state index contributed by atoms with van der Waals surface area (Å²) in [5, 5.41) is 2.18. The summed E-state index contributed by atoms with van der Waals surface area (Å²) in [6.07, 6.45) is 0. The Kier molecular flexibility index (Phi) is 3.16. The predicted octanol–water partition coefficient (Wildman–Crippen LogP) is 1.30. The molecule has 1 aromatic rings. The van der Waals surface area contributed by atoms with E-state index in [1.54, 1.807) is 5.38 Å². The zero-order chi connectivity index (χ0) is 10.8. The SMILES string of the molecule is CC1CSCCN1C(=O)c1csc(N)n1. The molecule has 2 N–H and O–H groups in total. The number of anilines is 1. The number of rotatable bonds is 1. The fourth-order valence-electron chi connectivity index (χ4n) is 1.56. The highest BCUT2D eigenvalue weighted by atomic mass is 32.2. The number of nitrogen functional groups attached to an aromatic ring is 1. The molecule has 0 saturated carbocycles. The third-order valence-corrected chi connectivity index (χ3v) is 4.23. The highest BCUT2D eigenvalue weighted by Gasteiger charge is 2.25. The minimum atomic E-state index is 0.00995. The Labute approximate surface area is 96.9 Å². The van der Waals surface area contributed by atoms with Crippen molar-refractivity contribution in [3.05, 3.63) is 11.1 Å². The molecule has 0 aromatic carbocycles. The Bertz CT molecular complexity index is 366. The number of aromatic nitrogens is 1. The van der Waals surface area contributed by atoms with Crippen LogP contribution in [0.3, 0.4) is 0 Å². The van der Waals surface area contributed by atoms with Crippen molar-refractivity contribution in [1.29, 1.82) is 0 Å². The molecule has 82 valence electrons. The smallest absolute Gasteiger partial charge is 0.273 e. The lowest BCUT2D eigenvalue weighted by Gasteiger charge is -2.32. The van der Waals surface area contributed by atoms with Crippen molar-refractivity contribution in [1.82, 2.24) is 9.88 Å². The van der Waals surface area contributed by atoms with Gasteiger partial charge in [0.15, 0.2) is 5.13 Å². The first kappa shape index (κ1) is 10.8. The number of thioether (sulfide) groups is 1. The second kappa shape index (κ2) is 4.40. The number of hydrogen-bond acceptors (Lipinski definition) is 5. The molecule has 1 aliphatic rings. The van der Waals surface area contributed by atoms with Crippen LogP contribution in [0.1, 0.15) is 17.4 Å². The number of hydrogen-bond donors (Lipinski definition) is 1. The molecule has 1 saturated heterocycles. The summed E-state index contributed by atoms with van der Waals surface area (Å²) in [5.41, 5.74) is 6.00. The topological polar surface area (TPSA) is 59.2 Å². The van der Waals surface area contributed by atoms with Gasteiger partial charge in [0, 0.05) is 29.5 Å². The lowest BCUT2D eigenvalue weighted by molar-refractivity contribution is 0.0711. The quantitative estimate of drug-likeness (QED) is 0.808. The third-order valence-electron chi connectivity index (χ3n) is 2.37. The van der Waals surface area contributed by atoms with Crippen molar-refractivity contribution >= 4 is 34.1 Å². The van der Waals surface area contributed by atoms with Crippen LogP contribution in [-0.4, -0.2) is 39.9 Å². The van der Waals surface area contributed by atoms with E-state index in [2.05, 4.69) is 11.9 Å². The first-order valence-electron chi connectivity index (χ1n) is 4.78. The molecular formula is C9H13N3OS2. The van der Waals surface area contributed by atoms with Crippen LogP contribution in [0.2, 0.25) is 0 Å². The van der Waals surface area contributed by atoms with Crippen molar-refractivity contribution in [3.8, 4) is 0 Å². The Morgan fingerprint density at radius 2 is 2.53 bits per heavy atom. The van der Waals surface area contributed by atoms with E-state index in [0.29, 0.717) is 16.9 Å². The van der Waals surface area contributed by atoms with E-state index in [1.807, 2.05) is 16.7 Å². The van der Waals surface area contributed by atoms with Gasteiger partial charge in [0.25, 0.3) is 5.91 Å². The molecule has 0 bridgehead atoms. The maximum atomic E-state index is 12.0. The van der Waals surface area contributed by atoms with Crippen LogP contribution in [0.15, 0.2) is 5.38 Å². The molecule has 0 spiro atoms. The second-order valence-corrected chi connectivity index (χ2v) is 5.53. The maximum absolute atomic E-state index is 12.0. The molecule has 1 unspecified atom stereocenters. The standard InChI is InChI=1S/C9H13N3OS2/c1-6-4-14-3-2-12(6)8(13)7-5-15-9(10)11-7/h5-6H,2-4H2,1H3,(H2,10,11). The number of nitrogens with two attached hydrogens (primary N) is 1. The molecule has 1 amide bonds. The summed E-state index contributed by atoms with van der Waals surface area (Å²) >= 11 is 3.20. The van der Waals surface area contributed by atoms with Crippen LogP contribution in [0.4, 0.5) is 5.13 Å². The van der Waals surface area contributed by atoms with Gasteiger partial charge >= 0.3 is 0 Å². The monoisotopic (exact) mass is 243 g/mol. The van der Waals surface area contributed by atoms with Crippen LogP contribution in [0.25, 0.3) is 0 Å². The molecule has 2 rings (SSSR count). The third kappa shape index (κ3) is 2.26. The van der Waals surface area contributed by atoms with Crippen LogP contribution in [0, 0.1) is 0 Å². The van der Waals surface area contributed by atoms with Crippen LogP contribution >= 0.6 is 23.1 Å². The number of carbonyl (C=O) groups excluding carboxylic acids is 1. The summed E-state index contributed by atoms with van der Waals surface area (Å²) in [6.45, 7) is 2.88. The average molecular weight is 243 g/mol. The second-order valence-electron chi connectivity index (χ2n) is 3.49. The van der Waals surface area contributed by atoms with E-state index >= 15 is 0 Å². The molecule has 1 aromatic heterocycles. The highest BCUT2D eigenvalue weighted by molar-refractivity contribution is 7.99. The molecule has 1 fully saturated rings. The fraction of sp³-hybridized carbons (Fsp3) is 0.556. The van der Waals surface area contributed by atoms with E-state index in [4.69, 9.17) is 5.73 Å². The van der Waals surface area contributed by atoms with Gasteiger partial charge in [-0.25, -0.2) is 4.98 Å². The summed E-state index contributed by atoms with van der Waals surface area (Å²) < 4.78 is 0. The largest absolute Gasteiger partial charge is 0.375 e. The fourth-order valence-corrected chi connectivity index (χ4v) is 3.11. The number of amides is 1. The zero-order valence-corrected chi connectivity index (χ0v) is 10.1. The van der Waals surface area contributed by atoms with Gasteiger partial charge in [-0.2, -0.15) is 11.8 Å². The Balaban J connectivity index is 2.13. The van der Waals surface area contributed by atoms with E-state index in [9.17, 15) is 4.79 Å². The van der Waals surface area contributed by atoms with Crippen molar-refractivity contribution < 1.29 is 4.79 Å². The zero-order valence-electron chi connectivity index (χ0n) is 8.47. The number of thiazole rings is 1. The Morgan fingerprint density at radius 3 is 3.13 bits per heavy atom. The van der Waals surface area contributed by atoms with Gasteiger partial charge in [-0.3, -0.25) is 4.79 Å². The van der Waals surface area contributed by atoms with Gasteiger partial charge in [-0.1, -0.05) is 0 Å². The van der Waals surface area contributed by atoms with Gasteiger partial charge in [-0.15, -0.1) is 11.3 Å². The van der Waals surface area contributed by atoms with Crippen molar-refractivity contribution in [2.75, 3.05) is 23.8 Å². The van der Waals surface area contributed by atoms with E-state index in [0.717, 1.165) is 18.1 Å². The van der Waals surface area contributed by atoms with E-state index in [-0.39, 0.29) is 5.91 Å². The van der Waals surface area contributed by atoms with E-state index in [1.165, 1.54) is 11.3 Å². The molecule has 1 atom stereocenters. The first-order valence-corrected chi connectivity index (χ1v) is 6.81. The molecule has 0 radical (unpaired) electrons. The number of carbonyl (C=O) groups is 1. The van der Waals surface area contributed by atoms with Crippen LogP contribution in [0.5, 0.6) is 0 Å². The van der Waals surface area contributed by atoms with Gasteiger partial charge < -0.3 is 10.6 Å². The Hall–Kier alpha value is -0.750. The van der Waals surface area contributed by atoms with Gasteiger partial charge in [0.1, 0.15) is 5.69 Å². The molecular weight excluding hydrogens is 230 g/mol. The van der Waals surface area contributed by atoms with Gasteiger partial charge in [-0.05, 0) is 6.92 Å². The van der Waals surface area contributed by atoms with Crippen LogP contribution in [-0.2, 0) is 0 Å². The lowest BCUT2D eigenvalue weighted by atomic mass is 10.3. The molecule has 2 heterocycles. The summed E-state index contributed by atoms with van der Waals surface area (Å²) in [5.74, 6) is 2.02. The van der Waals surface area contributed by atoms with E-state index < -0.39 is 0 Å². The van der Waals surface area contributed by atoms with Crippen molar-refractivity contribution in [2.45, 2.75) is 13.0 Å². The average Bonchev–Trinajstić information content (AvgIpc) is 2.65. The lowest BCUT2D eigenvalue weighted by Crippen LogP contribution is -2.44. The first-order chi connectivity index (χ1) is 7.18. The maximum Gasteiger partial charge on any atom is 0.273 e. The minimum Gasteiger partial charge on any atom is -0.375 e. The highest BCUT2D eigenvalue weighted by Crippen LogP contribution is 2.20. The molecule has 0 aliphatic carbocycles. The summed E-state index contributed by atoms with van der Waals surface area (Å²) in [6, 6.07) is 0.291. The molecule has 15 heavy (non-hydrogen) atoms. The van der Waals surface area contributed by atoms with Gasteiger partial charge in [0.2, 0.25) is 0 Å². The molecule has 6 heteroatoms. The Morgan fingerprint density at radius 1 is 1.73 bits per heavy atom. The minimum absolute atomic E-state index is 0.00995. The van der Waals surface area contributed by atoms with Gasteiger partial charge in [0.05, 0.1) is 0 Å². The molecule has 4 nitrogen and oxygen atoms in total. The predicted molar refractivity (Wildman–Crippen MR) is 64.3 cm³/mol. The summed E-state index contributed by atoms with van der Waals surface area (Å²) in [4.78, 5) is 17.9. The summed E-state index contributed by atoms with van der Waals surface area (Å²) in [7, 11) is 0. The normalized spacial score (nSPS) is 21.7. The van der Waals surface area contributed by atoms with Crippen LogP contribution < -0.4 is 5.73 Å². The van der Waals surface area contributed by atoms with Crippen molar-refractivity contribution in [3.63, 3.8) is 0 Å². The van der Waals surface area contributed by atoms with Crippen molar-refractivity contribution in [2.24, 2.45) is 0 Å². The number of nitrogens with zero attached hydrogens (tertiary/aromatic N) is 2. The molecule has 1 aliphatic heterocycles.